The van der Waals surface area contributed by atoms with Crippen LogP contribution in [0.3, 0.4) is 0 Å². The van der Waals surface area contributed by atoms with Crippen LogP contribution in [-0.4, -0.2) is 38.5 Å². The minimum absolute atomic E-state index is 0.0580. The Morgan fingerprint density at radius 2 is 1.69 bits per heavy atom. The van der Waals surface area contributed by atoms with Crippen molar-refractivity contribution in [3.8, 4) is 0 Å². The van der Waals surface area contributed by atoms with E-state index in [1.54, 1.807) is 14.2 Å². The Hall–Kier alpha value is -0.120. The van der Waals surface area contributed by atoms with Crippen molar-refractivity contribution in [3.63, 3.8) is 0 Å². The van der Waals surface area contributed by atoms with Crippen molar-refractivity contribution in [3.05, 3.63) is 0 Å². The minimum Gasteiger partial charge on any atom is -0.379 e. The summed E-state index contributed by atoms with van der Waals surface area (Å²) in [5, 5.41) is 3.36. The molecule has 0 radical (unpaired) electrons. The molecule has 98 valence electrons. The van der Waals surface area contributed by atoms with Crippen molar-refractivity contribution in [1.82, 2.24) is 5.32 Å². The zero-order valence-electron chi connectivity index (χ0n) is 12.0. The third-order valence-electron chi connectivity index (χ3n) is 3.84. The predicted molar refractivity (Wildman–Crippen MR) is 68.9 cm³/mol. The first kappa shape index (κ1) is 15.9. The van der Waals surface area contributed by atoms with Crippen LogP contribution in [0.15, 0.2) is 0 Å². The van der Waals surface area contributed by atoms with Crippen LogP contribution in [0.4, 0.5) is 0 Å². The highest BCUT2D eigenvalue weighted by molar-refractivity contribution is 4.89. The molecule has 3 nitrogen and oxygen atoms in total. The zero-order valence-corrected chi connectivity index (χ0v) is 12.0. The fraction of sp³-hybridized carbons (Fsp3) is 1.00. The molecule has 0 aromatic heterocycles. The van der Waals surface area contributed by atoms with Crippen molar-refractivity contribution in [2.24, 2.45) is 0 Å². The third-order valence-corrected chi connectivity index (χ3v) is 3.84. The summed E-state index contributed by atoms with van der Waals surface area (Å²) >= 11 is 0. The number of nitrogens with one attached hydrogen (secondary N) is 1. The summed E-state index contributed by atoms with van der Waals surface area (Å²) in [5.74, 6) is 0. The Morgan fingerprint density at radius 1 is 1.12 bits per heavy atom. The summed E-state index contributed by atoms with van der Waals surface area (Å²) in [7, 11) is 5.55. The molecule has 0 spiro atoms. The van der Waals surface area contributed by atoms with Crippen LogP contribution in [-0.2, 0) is 9.47 Å². The Labute approximate surface area is 101 Å². The topological polar surface area (TPSA) is 30.5 Å². The van der Waals surface area contributed by atoms with Gasteiger partial charge in [-0.15, -0.1) is 0 Å². The van der Waals surface area contributed by atoms with Gasteiger partial charge in [-0.05, 0) is 47.1 Å². The van der Waals surface area contributed by atoms with Gasteiger partial charge in [-0.2, -0.15) is 0 Å². The molecule has 0 aromatic rings. The predicted octanol–water partition coefficient (Wildman–Crippen LogP) is 2.59. The van der Waals surface area contributed by atoms with Crippen molar-refractivity contribution >= 4 is 0 Å². The third kappa shape index (κ3) is 4.40. The van der Waals surface area contributed by atoms with E-state index in [0.717, 1.165) is 19.3 Å². The van der Waals surface area contributed by atoms with Gasteiger partial charge in [0, 0.05) is 20.3 Å². The van der Waals surface area contributed by atoms with Crippen LogP contribution < -0.4 is 5.32 Å². The second-order valence-electron chi connectivity index (χ2n) is 5.21. The van der Waals surface area contributed by atoms with E-state index in [1.165, 1.54) is 0 Å². The van der Waals surface area contributed by atoms with Crippen LogP contribution in [0.2, 0.25) is 0 Å². The van der Waals surface area contributed by atoms with E-state index in [0.29, 0.717) is 6.04 Å². The van der Waals surface area contributed by atoms with Gasteiger partial charge in [0.15, 0.2) is 0 Å². The van der Waals surface area contributed by atoms with Crippen molar-refractivity contribution in [2.75, 3.05) is 21.3 Å². The molecule has 2 atom stereocenters. The molecule has 0 saturated heterocycles. The van der Waals surface area contributed by atoms with E-state index in [-0.39, 0.29) is 11.2 Å². The molecule has 0 rings (SSSR count). The molecule has 0 aliphatic heterocycles. The van der Waals surface area contributed by atoms with Crippen LogP contribution in [0.25, 0.3) is 0 Å². The molecule has 1 N–H and O–H groups in total. The summed E-state index contributed by atoms with van der Waals surface area (Å²) in [6, 6.07) is 0.358. The summed E-state index contributed by atoms with van der Waals surface area (Å²) in [4.78, 5) is 0. The molecular weight excluding hydrogens is 202 g/mol. The van der Waals surface area contributed by atoms with E-state index in [9.17, 15) is 0 Å². The summed E-state index contributed by atoms with van der Waals surface area (Å²) < 4.78 is 11.1. The van der Waals surface area contributed by atoms with E-state index < -0.39 is 0 Å². The number of methoxy groups -OCH3 is 2. The number of ether oxygens (including phenoxy) is 2. The molecule has 0 bridgehead atoms. The van der Waals surface area contributed by atoms with Crippen LogP contribution in [0, 0.1) is 0 Å². The molecule has 0 aliphatic carbocycles. The lowest BCUT2D eigenvalue weighted by molar-refractivity contribution is -0.0411. The molecule has 3 heteroatoms. The first-order chi connectivity index (χ1) is 7.35. The van der Waals surface area contributed by atoms with E-state index >= 15 is 0 Å². The summed E-state index contributed by atoms with van der Waals surface area (Å²) in [6.45, 7) is 8.56. The van der Waals surface area contributed by atoms with Gasteiger partial charge in [0.25, 0.3) is 0 Å². The molecule has 0 saturated carbocycles. The van der Waals surface area contributed by atoms with Crippen LogP contribution >= 0.6 is 0 Å². The van der Waals surface area contributed by atoms with E-state index in [4.69, 9.17) is 9.47 Å². The Kier molecular flexibility index (Phi) is 6.53. The van der Waals surface area contributed by atoms with Gasteiger partial charge < -0.3 is 14.8 Å². The fourth-order valence-corrected chi connectivity index (χ4v) is 1.88. The first-order valence-electron chi connectivity index (χ1n) is 6.12. The number of hydrogen-bond donors (Lipinski definition) is 1. The Balaban J connectivity index is 4.41. The fourth-order valence-electron chi connectivity index (χ4n) is 1.88. The molecule has 0 heterocycles. The van der Waals surface area contributed by atoms with Crippen LogP contribution in [0.1, 0.15) is 47.0 Å². The maximum atomic E-state index is 5.64. The highest BCUT2D eigenvalue weighted by atomic mass is 16.5. The molecule has 2 unspecified atom stereocenters. The Morgan fingerprint density at radius 3 is 2.00 bits per heavy atom. The second kappa shape index (κ2) is 6.58. The highest BCUT2D eigenvalue weighted by Gasteiger charge is 2.32. The lowest BCUT2D eigenvalue weighted by atomic mass is 9.87. The minimum atomic E-state index is -0.0986. The smallest absolute Gasteiger partial charge is 0.0800 e. The largest absolute Gasteiger partial charge is 0.379 e. The normalized spacial score (nSPS) is 18.2. The Bertz CT molecular complexity index is 188. The molecular formula is C13H29NO2. The summed E-state index contributed by atoms with van der Waals surface area (Å²) in [5.41, 5.74) is -0.157. The standard InChI is InChI=1S/C13H29NO2/c1-8-13(4,16-7)11(14-5)9-10-12(2,3)15-6/h11,14H,8-10H2,1-7H3. The molecule has 0 aromatic carbocycles. The van der Waals surface area contributed by atoms with Crippen molar-refractivity contribution < 1.29 is 9.47 Å². The molecule has 16 heavy (non-hydrogen) atoms. The summed E-state index contributed by atoms with van der Waals surface area (Å²) in [6.07, 6.45) is 3.08. The van der Waals surface area contributed by atoms with Crippen LogP contribution in [0.5, 0.6) is 0 Å². The van der Waals surface area contributed by atoms with Gasteiger partial charge >= 0.3 is 0 Å². The quantitative estimate of drug-likeness (QED) is 0.696. The van der Waals surface area contributed by atoms with E-state index in [2.05, 4.69) is 33.0 Å². The van der Waals surface area contributed by atoms with Gasteiger partial charge in [0.05, 0.1) is 11.2 Å². The molecule has 0 amide bonds. The van der Waals surface area contributed by atoms with Gasteiger partial charge in [-0.1, -0.05) is 6.92 Å². The van der Waals surface area contributed by atoms with Gasteiger partial charge in [0.2, 0.25) is 0 Å². The van der Waals surface area contributed by atoms with E-state index in [1.807, 2.05) is 7.05 Å². The number of rotatable bonds is 8. The van der Waals surface area contributed by atoms with Crippen molar-refractivity contribution in [1.29, 1.82) is 0 Å². The monoisotopic (exact) mass is 231 g/mol. The van der Waals surface area contributed by atoms with Gasteiger partial charge in [-0.25, -0.2) is 0 Å². The average Bonchev–Trinajstić information content (AvgIpc) is 2.29. The maximum Gasteiger partial charge on any atom is 0.0800 e. The number of likely N-dealkylation sites (N-methyl/N-ethyl adjacent to an activating group) is 1. The molecule has 0 fully saturated rings. The van der Waals surface area contributed by atoms with Gasteiger partial charge in [0.1, 0.15) is 0 Å². The lowest BCUT2D eigenvalue weighted by Crippen LogP contribution is -2.49. The maximum absolute atomic E-state index is 5.64. The first-order valence-corrected chi connectivity index (χ1v) is 6.12. The zero-order chi connectivity index (χ0) is 12.8. The lowest BCUT2D eigenvalue weighted by Gasteiger charge is -2.37. The van der Waals surface area contributed by atoms with Gasteiger partial charge in [-0.3, -0.25) is 0 Å². The highest BCUT2D eigenvalue weighted by Crippen LogP contribution is 2.25. The van der Waals surface area contributed by atoms with Crippen molar-refractivity contribution in [2.45, 2.75) is 64.2 Å². The average molecular weight is 231 g/mol. The SMILES string of the molecule is CCC(C)(OC)C(CCC(C)(C)OC)NC. The molecule has 0 aliphatic rings. The second-order valence-corrected chi connectivity index (χ2v) is 5.21. The number of hydrogen-bond acceptors (Lipinski definition) is 3.